The number of rotatable bonds is 7. The molecule has 3 N–H and O–H groups in total. The zero-order chi connectivity index (χ0) is 13.5. The molecule has 0 aliphatic heterocycles. The molecule has 0 bridgehead atoms. The van der Waals surface area contributed by atoms with Crippen molar-refractivity contribution >= 4 is 22.9 Å². The second-order valence-electron chi connectivity index (χ2n) is 4.36. The molecule has 0 spiro atoms. The maximum absolute atomic E-state index is 5.70. The summed E-state index contributed by atoms with van der Waals surface area (Å²) in [4.78, 5) is 2.55. The van der Waals surface area contributed by atoms with Crippen molar-refractivity contribution in [1.82, 2.24) is 4.90 Å². The van der Waals surface area contributed by atoms with E-state index in [-0.39, 0.29) is 0 Å². The number of hydrogen-bond acceptors (Lipinski definition) is 4. The van der Waals surface area contributed by atoms with Gasteiger partial charge in [0.1, 0.15) is 10.7 Å². The fourth-order valence-corrected chi connectivity index (χ4v) is 1.81. The molecule has 0 heterocycles. The highest BCUT2D eigenvalue weighted by atomic mass is 32.1. The van der Waals surface area contributed by atoms with Gasteiger partial charge in [-0.1, -0.05) is 12.2 Å². The SMILES string of the molecule is COc1ccc(C(N)=S)c(NCCCN(C)C)c1. The van der Waals surface area contributed by atoms with Crippen LogP contribution in [-0.2, 0) is 0 Å². The number of ether oxygens (including phenoxy) is 1. The van der Waals surface area contributed by atoms with Crippen molar-refractivity contribution in [2.45, 2.75) is 6.42 Å². The van der Waals surface area contributed by atoms with Crippen molar-refractivity contribution in [2.75, 3.05) is 39.6 Å². The lowest BCUT2D eigenvalue weighted by Gasteiger charge is -2.14. The Morgan fingerprint density at radius 2 is 2.17 bits per heavy atom. The van der Waals surface area contributed by atoms with Gasteiger partial charge >= 0.3 is 0 Å². The van der Waals surface area contributed by atoms with E-state index >= 15 is 0 Å². The van der Waals surface area contributed by atoms with E-state index in [4.69, 9.17) is 22.7 Å². The van der Waals surface area contributed by atoms with Crippen LogP contribution in [-0.4, -0.2) is 44.2 Å². The number of thiocarbonyl (C=S) groups is 1. The van der Waals surface area contributed by atoms with E-state index in [1.165, 1.54) is 0 Å². The van der Waals surface area contributed by atoms with E-state index in [0.29, 0.717) is 4.99 Å². The summed E-state index contributed by atoms with van der Waals surface area (Å²) in [7, 11) is 5.77. The van der Waals surface area contributed by atoms with Crippen molar-refractivity contribution in [3.8, 4) is 5.75 Å². The van der Waals surface area contributed by atoms with Crippen LogP contribution in [0.2, 0.25) is 0 Å². The Balaban J connectivity index is 2.69. The fraction of sp³-hybridized carbons (Fsp3) is 0.462. The first-order valence-electron chi connectivity index (χ1n) is 5.91. The molecular weight excluding hydrogens is 246 g/mol. The molecule has 0 fully saturated rings. The Labute approximate surface area is 114 Å². The largest absolute Gasteiger partial charge is 0.497 e. The number of nitrogens with two attached hydrogens (primary N) is 1. The Morgan fingerprint density at radius 3 is 2.72 bits per heavy atom. The lowest BCUT2D eigenvalue weighted by molar-refractivity contribution is 0.405. The summed E-state index contributed by atoms with van der Waals surface area (Å²) in [6.45, 7) is 1.92. The lowest BCUT2D eigenvalue weighted by Crippen LogP contribution is -2.18. The van der Waals surface area contributed by atoms with E-state index in [1.54, 1.807) is 7.11 Å². The van der Waals surface area contributed by atoms with Crippen molar-refractivity contribution in [3.05, 3.63) is 23.8 Å². The van der Waals surface area contributed by atoms with Crippen LogP contribution in [0.4, 0.5) is 5.69 Å². The summed E-state index contributed by atoms with van der Waals surface area (Å²) < 4.78 is 5.20. The molecule has 0 aliphatic carbocycles. The third-order valence-electron chi connectivity index (χ3n) is 2.59. The first-order valence-corrected chi connectivity index (χ1v) is 6.32. The molecule has 0 saturated carbocycles. The van der Waals surface area contributed by atoms with Gasteiger partial charge in [-0.15, -0.1) is 0 Å². The van der Waals surface area contributed by atoms with E-state index in [2.05, 4.69) is 24.3 Å². The van der Waals surface area contributed by atoms with Gasteiger partial charge in [-0.2, -0.15) is 0 Å². The molecule has 0 unspecified atom stereocenters. The van der Waals surface area contributed by atoms with Crippen LogP contribution in [0.1, 0.15) is 12.0 Å². The quantitative estimate of drug-likeness (QED) is 0.581. The number of nitrogens with one attached hydrogen (secondary N) is 1. The van der Waals surface area contributed by atoms with Crippen LogP contribution >= 0.6 is 12.2 Å². The van der Waals surface area contributed by atoms with Gasteiger partial charge in [-0.25, -0.2) is 0 Å². The van der Waals surface area contributed by atoms with Gasteiger partial charge in [0.05, 0.1) is 7.11 Å². The fourth-order valence-electron chi connectivity index (χ4n) is 1.63. The summed E-state index contributed by atoms with van der Waals surface area (Å²) >= 11 is 5.04. The summed E-state index contributed by atoms with van der Waals surface area (Å²) in [5, 5.41) is 3.35. The minimum absolute atomic E-state index is 0.396. The summed E-state index contributed by atoms with van der Waals surface area (Å²) in [5.41, 5.74) is 7.49. The Hall–Kier alpha value is -1.33. The van der Waals surface area contributed by atoms with Crippen LogP contribution in [0, 0.1) is 0 Å². The van der Waals surface area contributed by atoms with Gasteiger partial charge in [0.25, 0.3) is 0 Å². The molecule has 0 amide bonds. The van der Waals surface area contributed by atoms with Gasteiger partial charge < -0.3 is 20.7 Å². The van der Waals surface area contributed by atoms with Crippen molar-refractivity contribution in [2.24, 2.45) is 5.73 Å². The van der Waals surface area contributed by atoms with E-state index in [0.717, 1.165) is 36.5 Å². The average Bonchev–Trinajstić information content (AvgIpc) is 2.33. The van der Waals surface area contributed by atoms with Crippen molar-refractivity contribution in [1.29, 1.82) is 0 Å². The predicted octanol–water partition coefficient (Wildman–Crippen LogP) is 1.69. The van der Waals surface area contributed by atoms with Crippen LogP contribution in [0.5, 0.6) is 5.75 Å². The first-order chi connectivity index (χ1) is 8.54. The third kappa shape index (κ3) is 4.50. The second-order valence-corrected chi connectivity index (χ2v) is 4.80. The first kappa shape index (κ1) is 14.7. The molecule has 1 aromatic rings. The van der Waals surface area contributed by atoms with E-state index in [9.17, 15) is 0 Å². The zero-order valence-electron chi connectivity index (χ0n) is 11.2. The molecule has 0 saturated heterocycles. The van der Waals surface area contributed by atoms with Crippen LogP contribution in [0.25, 0.3) is 0 Å². The molecule has 18 heavy (non-hydrogen) atoms. The standard InChI is InChI=1S/C13H21N3OS/c1-16(2)8-4-7-15-12-9-10(17-3)5-6-11(12)13(14)18/h5-6,9,15H,4,7-8H2,1-3H3,(H2,14,18). The van der Waals surface area contributed by atoms with Gasteiger partial charge in [-0.3, -0.25) is 0 Å². The number of hydrogen-bond donors (Lipinski definition) is 2. The van der Waals surface area contributed by atoms with E-state index in [1.807, 2.05) is 18.2 Å². The average molecular weight is 267 g/mol. The minimum Gasteiger partial charge on any atom is -0.497 e. The highest BCUT2D eigenvalue weighted by Gasteiger charge is 2.06. The number of benzene rings is 1. The van der Waals surface area contributed by atoms with Crippen LogP contribution in [0.3, 0.4) is 0 Å². The highest BCUT2D eigenvalue weighted by Crippen LogP contribution is 2.22. The second kappa shape index (κ2) is 7.18. The molecule has 5 heteroatoms. The Bertz CT molecular complexity index is 407. The molecule has 1 rings (SSSR count). The smallest absolute Gasteiger partial charge is 0.120 e. The molecular formula is C13H21N3OS. The number of nitrogens with zero attached hydrogens (tertiary/aromatic N) is 1. The predicted molar refractivity (Wildman–Crippen MR) is 80.5 cm³/mol. The molecule has 0 radical (unpaired) electrons. The van der Waals surface area contributed by atoms with Crippen molar-refractivity contribution in [3.63, 3.8) is 0 Å². The molecule has 1 aromatic carbocycles. The Kier molecular flexibility index (Phi) is 5.88. The third-order valence-corrected chi connectivity index (χ3v) is 2.81. The molecule has 0 aromatic heterocycles. The minimum atomic E-state index is 0.396. The monoisotopic (exact) mass is 267 g/mol. The zero-order valence-corrected chi connectivity index (χ0v) is 12.0. The van der Waals surface area contributed by atoms with Crippen LogP contribution < -0.4 is 15.8 Å². The highest BCUT2D eigenvalue weighted by molar-refractivity contribution is 7.80. The van der Waals surface area contributed by atoms with E-state index < -0.39 is 0 Å². The molecule has 4 nitrogen and oxygen atoms in total. The molecule has 0 aliphatic rings. The van der Waals surface area contributed by atoms with Gasteiger partial charge in [0, 0.05) is 23.9 Å². The molecule has 100 valence electrons. The maximum atomic E-state index is 5.70. The van der Waals surface area contributed by atoms with Crippen LogP contribution in [0.15, 0.2) is 18.2 Å². The number of anilines is 1. The van der Waals surface area contributed by atoms with Crippen molar-refractivity contribution < 1.29 is 4.74 Å². The Morgan fingerprint density at radius 1 is 1.44 bits per heavy atom. The summed E-state index contributed by atoms with van der Waals surface area (Å²) in [6.07, 6.45) is 1.06. The van der Waals surface area contributed by atoms with Gasteiger partial charge in [0.15, 0.2) is 0 Å². The summed E-state index contributed by atoms with van der Waals surface area (Å²) in [6, 6.07) is 5.67. The maximum Gasteiger partial charge on any atom is 0.120 e. The van der Waals surface area contributed by atoms with Gasteiger partial charge in [-0.05, 0) is 39.2 Å². The normalized spacial score (nSPS) is 10.4. The van der Waals surface area contributed by atoms with Gasteiger partial charge in [0.2, 0.25) is 0 Å². The molecule has 0 atom stereocenters. The lowest BCUT2D eigenvalue weighted by atomic mass is 10.1. The number of methoxy groups -OCH3 is 1. The topological polar surface area (TPSA) is 50.5 Å². The summed E-state index contributed by atoms with van der Waals surface area (Å²) in [5.74, 6) is 0.796.